The van der Waals surface area contributed by atoms with Crippen LogP contribution in [0.2, 0.25) is 0 Å². The van der Waals surface area contributed by atoms with Crippen LogP contribution in [0.1, 0.15) is 27.6 Å². The Bertz CT molecular complexity index is 1000. The van der Waals surface area contributed by atoms with Crippen molar-refractivity contribution in [2.75, 3.05) is 24.4 Å². The number of hydrogen-bond donors (Lipinski definition) is 2. The Labute approximate surface area is 168 Å². The third-order valence-corrected chi connectivity index (χ3v) is 4.04. The van der Waals surface area contributed by atoms with Gasteiger partial charge in [0.2, 0.25) is 0 Å². The van der Waals surface area contributed by atoms with Crippen molar-refractivity contribution in [1.29, 1.82) is 0 Å². The van der Waals surface area contributed by atoms with Crippen LogP contribution in [0.5, 0.6) is 5.75 Å². The highest BCUT2D eigenvalue weighted by Gasteiger charge is 2.15. The average molecular weight is 391 g/mol. The van der Waals surface area contributed by atoms with Crippen molar-refractivity contribution in [2.45, 2.75) is 6.92 Å². The first-order valence-corrected chi connectivity index (χ1v) is 9.05. The number of hydrogen-bond acceptors (Lipinski definition) is 6. The molecule has 0 aliphatic heterocycles. The van der Waals surface area contributed by atoms with Crippen LogP contribution < -0.4 is 15.4 Å². The Morgan fingerprint density at radius 2 is 1.86 bits per heavy atom. The van der Waals surface area contributed by atoms with Crippen molar-refractivity contribution in [2.24, 2.45) is 0 Å². The zero-order valence-electron chi connectivity index (χ0n) is 16.1. The molecule has 7 nitrogen and oxygen atoms in total. The smallest absolute Gasteiger partial charge is 0.340 e. The van der Waals surface area contributed by atoms with Gasteiger partial charge in [0.05, 0.1) is 30.5 Å². The number of carbonyl (C=O) groups excluding carboxylic acids is 2. The molecule has 1 amide bonds. The van der Waals surface area contributed by atoms with E-state index in [0.29, 0.717) is 22.6 Å². The zero-order valence-corrected chi connectivity index (χ0v) is 16.1. The molecule has 3 aromatic rings. The maximum absolute atomic E-state index is 12.6. The summed E-state index contributed by atoms with van der Waals surface area (Å²) in [5, 5.41) is 5.88. The highest BCUT2D eigenvalue weighted by Crippen LogP contribution is 2.21. The van der Waals surface area contributed by atoms with Crippen LogP contribution in [0.25, 0.3) is 0 Å². The second kappa shape index (κ2) is 9.36. The summed E-state index contributed by atoms with van der Waals surface area (Å²) in [6.45, 7) is 1.98. The van der Waals surface area contributed by atoms with E-state index in [4.69, 9.17) is 9.47 Å². The number of nitrogens with zero attached hydrogens (tertiary/aromatic N) is 1. The second-order valence-corrected chi connectivity index (χ2v) is 6.01. The van der Waals surface area contributed by atoms with Crippen LogP contribution in [0.3, 0.4) is 0 Å². The molecule has 2 aromatic carbocycles. The molecule has 0 saturated heterocycles. The first kappa shape index (κ1) is 19.9. The maximum atomic E-state index is 12.6. The molecule has 0 bridgehead atoms. The molecule has 0 saturated carbocycles. The Hall–Kier alpha value is -3.87. The number of carbonyl (C=O) groups is 2. The van der Waals surface area contributed by atoms with E-state index in [9.17, 15) is 9.59 Å². The molecule has 0 aliphatic rings. The van der Waals surface area contributed by atoms with E-state index in [1.54, 1.807) is 50.4 Å². The molecule has 0 aliphatic carbocycles. The van der Waals surface area contributed by atoms with Crippen LogP contribution in [0, 0.1) is 0 Å². The molecule has 0 radical (unpaired) electrons. The number of aromatic nitrogens is 1. The number of ether oxygens (including phenoxy) is 2. The molecule has 29 heavy (non-hydrogen) atoms. The quantitative estimate of drug-likeness (QED) is 0.585. The minimum absolute atomic E-state index is 0.257. The van der Waals surface area contributed by atoms with Gasteiger partial charge in [-0.25, -0.2) is 9.78 Å². The summed E-state index contributed by atoms with van der Waals surface area (Å²) in [4.78, 5) is 28.9. The molecule has 1 aromatic heterocycles. The second-order valence-electron chi connectivity index (χ2n) is 6.01. The van der Waals surface area contributed by atoms with Crippen molar-refractivity contribution in [1.82, 2.24) is 4.98 Å². The number of esters is 1. The van der Waals surface area contributed by atoms with Gasteiger partial charge in [0.25, 0.3) is 5.91 Å². The minimum atomic E-state index is -0.487. The number of anilines is 3. The number of pyridine rings is 1. The van der Waals surface area contributed by atoms with Gasteiger partial charge in [-0.1, -0.05) is 18.2 Å². The van der Waals surface area contributed by atoms with Crippen LogP contribution in [0.4, 0.5) is 17.2 Å². The lowest BCUT2D eigenvalue weighted by Crippen LogP contribution is -2.16. The molecule has 0 spiro atoms. The van der Waals surface area contributed by atoms with Gasteiger partial charge < -0.3 is 20.1 Å². The van der Waals surface area contributed by atoms with Crippen molar-refractivity contribution in [3.05, 3.63) is 78.0 Å². The maximum Gasteiger partial charge on any atom is 0.340 e. The molecule has 0 fully saturated rings. The topological polar surface area (TPSA) is 89.5 Å². The Balaban J connectivity index is 1.70. The van der Waals surface area contributed by atoms with Gasteiger partial charge >= 0.3 is 5.97 Å². The van der Waals surface area contributed by atoms with Crippen LogP contribution in [0.15, 0.2) is 66.9 Å². The number of benzene rings is 2. The highest BCUT2D eigenvalue weighted by atomic mass is 16.5. The Kier molecular flexibility index (Phi) is 6.42. The van der Waals surface area contributed by atoms with Gasteiger partial charge in [-0.15, -0.1) is 0 Å². The molecular weight excluding hydrogens is 370 g/mol. The predicted octanol–water partition coefficient (Wildman–Crippen LogP) is 4.26. The fraction of sp³-hybridized carbons (Fsp3) is 0.136. The summed E-state index contributed by atoms with van der Waals surface area (Å²) in [5.74, 6) is 0.453. The van der Waals surface area contributed by atoms with E-state index >= 15 is 0 Å². The van der Waals surface area contributed by atoms with Crippen molar-refractivity contribution in [3.63, 3.8) is 0 Å². The average Bonchev–Trinajstić information content (AvgIpc) is 2.75. The third kappa shape index (κ3) is 5.10. The van der Waals surface area contributed by atoms with E-state index < -0.39 is 5.97 Å². The molecule has 3 rings (SSSR count). The van der Waals surface area contributed by atoms with E-state index in [1.807, 2.05) is 24.3 Å². The first-order valence-electron chi connectivity index (χ1n) is 9.05. The molecule has 148 valence electrons. The normalized spacial score (nSPS) is 10.1. The van der Waals surface area contributed by atoms with Crippen LogP contribution in [-0.2, 0) is 4.74 Å². The number of amides is 1. The lowest BCUT2D eigenvalue weighted by atomic mass is 10.1. The fourth-order valence-electron chi connectivity index (χ4n) is 2.62. The summed E-state index contributed by atoms with van der Waals surface area (Å²) in [6, 6.07) is 17.5. The highest BCUT2D eigenvalue weighted by molar-refractivity contribution is 6.07. The first-order chi connectivity index (χ1) is 14.1. The Morgan fingerprint density at radius 1 is 1.03 bits per heavy atom. The van der Waals surface area contributed by atoms with Crippen LogP contribution in [-0.4, -0.2) is 30.6 Å². The van der Waals surface area contributed by atoms with E-state index in [1.165, 1.54) is 6.20 Å². The zero-order chi connectivity index (χ0) is 20.6. The molecule has 0 atom stereocenters. The van der Waals surface area contributed by atoms with Gasteiger partial charge in [-0.3, -0.25) is 4.79 Å². The number of rotatable bonds is 7. The van der Waals surface area contributed by atoms with Crippen molar-refractivity contribution in [3.8, 4) is 5.75 Å². The van der Waals surface area contributed by atoms with Gasteiger partial charge in [-0.05, 0) is 43.3 Å². The van der Waals surface area contributed by atoms with Gasteiger partial charge in [-0.2, -0.15) is 0 Å². The molecule has 7 heteroatoms. The monoisotopic (exact) mass is 391 g/mol. The summed E-state index contributed by atoms with van der Waals surface area (Å²) >= 11 is 0. The van der Waals surface area contributed by atoms with Gasteiger partial charge in [0.1, 0.15) is 11.6 Å². The van der Waals surface area contributed by atoms with Crippen molar-refractivity contribution < 1.29 is 19.1 Å². The van der Waals surface area contributed by atoms with E-state index in [-0.39, 0.29) is 12.5 Å². The van der Waals surface area contributed by atoms with Crippen molar-refractivity contribution >= 4 is 29.1 Å². The van der Waals surface area contributed by atoms with Gasteiger partial charge in [0, 0.05) is 18.0 Å². The molecule has 1 heterocycles. The lowest BCUT2D eigenvalue weighted by molar-refractivity contribution is 0.0527. The fourth-order valence-corrected chi connectivity index (χ4v) is 2.62. The number of para-hydroxylation sites is 1. The summed E-state index contributed by atoms with van der Waals surface area (Å²) in [7, 11) is 1.60. The Morgan fingerprint density at radius 3 is 2.59 bits per heavy atom. The predicted molar refractivity (Wildman–Crippen MR) is 111 cm³/mol. The molecular formula is C22H21N3O4. The van der Waals surface area contributed by atoms with E-state index in [2.05, 4.69) is 15.6 Å². The lowest BCUT2D eigenvalue weighted by Gasteiger charge is -2.11. The standard InChI is InChI=1S/C22H21N3O4/c1-3-29-22(27)18-9-4-5-10-19(18)25-21(26)15-11-12-20(23-14-15)24-16-7-6-8-17(13-16)28-2/h4-14H,3H2,1-2H3,(H,23,24)(H,25,26). The molecule has 0 unspecified atom stereocenters. The minimum Gasteiger partial charge on any atom is -0.497 e. The van der Waals surface area contributed by atoms with E-state index in [0.717, 1.165) is 11.4 Å². The van der Waals surface area contributed by atoms with Gasteiger partial charge in [0.15, 0.2) is 0 Å². The summed E-state index contributed by atoms with van der Waals surface area (Å²) in [6.07, 6.45) is 1.46. The third-order valence-electron chi connectivity index (χ3n) is 4.04. The largest absolute Gasteiger partial charge is 0.497 e. The summed E-state index contributed by atoms with van der Waals surface area (Å²) in [5.41, 5.74) is 1.86. The SMILES string of the molecule is CCOC(=O)c1ccccc1NC(=O)c1ccc(Nc2cccc(OC)c2)nc1. The molecule has 2 N–H and O–H groups in total. The summed E-state index contributed by atoms with van der Waals surface area (Å²) < 4.78 is 10.2. The number of methoxy groups -OCH3 is 1. The van der Waals surface area contributed by atoms with Crippen LogP contribution >= 0.6 is 0 Å². The number of nitrogens with one attached hydrogen (secondary N) is 2.